The second-order valence-electron chi connectivity index (χ2n) is 6.36. The first-order valence-corrected chi connectivity index (χ1v) is 7.69. The molecule has 0 spiro atoms. The molecule has 1 aromatic rings. The molecule has 1 aliphatic carbocycles. The molecule has 2 fully saturated rings. The van der Waals surface area contributed by atoms with Gasteiger partial charge in [0.25, 0.3) is 0 Å². The average Bonchev–Trinajstić information content (AvgIpc) is 3.25. The Kier molecular flexibility index (Phi) is 3.81. The number of carbonyl (C=O) groups is 2. The number of hydrogen-bond donors (Lipinski definition) is 2. The number of rotatable bonds is 4. The van der Waals surface area contributed by atoms with Gasteiger partial charge in [-0.15, -0.1) is 0 Å². The van der Waals surface area contributed by atoms with Crippen molar-refractivity contribution in [3.05, 3.63) is 35.4 Å². The Labute approximate surface area is 125 Å². The van der Waals surface area contributed by atoms with Gasteiger partial charge in [0, 0.05) is 5.56 Å². The van der Waals surface area contributed by atoms with Gasteiger partial charge in [-0.2, -0.15) is 0 Å². The largest absolute Gasteiger partial charge is 0.348 e. The molecule has 1 heterocycles. The highest BCUT2D eigenvalue weighted by Gasteiger charge is 2.43. The van der Waals surface area contributed by atoms with Gasteiger partial charge >= 0.3 is 0 Å². The molecule has 0 aromatic heterocycles. The third-order valence-electron chi connectivity index (χ3n) is 4.73. The van der Waals surface area contributed by atoms with Crippen molar-refractivity contribution in [3.8, 4) is 0 Å². The highest BCUT2D eigenvalue weighted by molar-refractivity contribution is 5.94. The van der Waals surface area contributed by atoms with E-state index >= 15 is 0 Å². The van der Waals surface area contributed by atoms with Crippen molar-refractivity contribution in [1.82, 2.24) is 10.6 Å². The Balaban J connectivity index is 1.58. The number of amides is 1. The summed E-state index contributed by atoms with van der Waals surface area (Å²) in [5.41, 5.74) is 1.72. The quantitative estimate of drug-likeness (QED) is 0.833. The van der Waals surface area contributed by atoms with Crippen molar-refractivity contribution in [3.63, 3.8) is 0 Å². The third-order valence-corrected chi connectivity index (χ3v) is 4.73. The Hall–Kier alpha value is -1.68. The maximum Gasteiger partial charge on any atom is 0.237 e. The predicted octanol–water partition coefficient (Wildman–Crippen LogP) is 2.06. The lowest BCUT2D eigenvalue weighted by atomic mass is 10.0. The fourth-order valence-corrected chi connectivity index (χ4v) is 3.13. The van der Waals surface area contributed by atoms with Crippen molar-refractivity contribution in [2.75, 3.05) is 6.54 Å². The molecular formula is C17H22N2O2. The van der Waals surface area contributed by atoms with Crippen LogP contribution in [0.3, 0.4) is 0 Å². The Bertz CT molecular complexity index is 552. The third kappa shape index (κ3) is 3.16. The molecule has 21 heavy (non-hydrogen) atoms. The topological polar surface area (TPSA) is 58.2 Å². The number of benzene rings is 1. The van der Waals surface area contributed by atoms with Crippen molar-refractivity contribution < 1.29 is 9.59 Å². The van der Waals surface area contributed by atoms with E-state index in [4.69, 9.17) is 0 Å². The van der Waals surface area contributed by atoms with Gasteiger partial charge in [0.2, 0.25) is 5.91 Å². The minimum absolute atomic E-state index is 0.0442. The van der Waals surface area contributed by atoms with Gasteiger partial charge in [-0.1, -0.05) is 24.3 Å². The zero-order valence-electron chi connectivity index (χ0n) is 12.6. The van der Waals surface area contributed by atoms with E-state index in [9.17, 15) is 9.59 Å². The predicted molar refractivity (Wildman–Crippen MR) is 81.0 cm³/mol. The first kappa shape index (κ1) is 14.3. The molecule has 1 saturated carbocycles. The van der Waals surface area contributed by atoms with Crippen LogP contribution in [0.15, 0.2) is 24.3 Å². The number of piperidine rings is 1. The van der Waals surface area contributed by atoms with Crippen molar-refractivity contribution in [2.45, 2.75) is 38.8 Å². The number of carbonyl (C=O) groups excluding carboxylic acids is 2. The van der Waals surface area contributed by atoms with Crippen LogP contribution in [0.2, 0.25) is 0 Å². The van der Waals surface area contributed by atoms with E-state index in [2.05, 4.69) is 10.6 Å². The van der Waals surface area contributed by atoms with Gasteiger partial charge in [-0.05, 0) is 50.6 Å². The SMILES string of the molecule is CC(=O)c1ccc([C@H](C)NC(=O)[C@H]2CC3CC3CN2)cc1. The van der Waals surface area contributed by atoms with E-state index in [0.717, 1.165) is 30.4 Å². The van der Waals surface area contributed by atoms with Crippen LogP contribution in [0.25, 0.3) is 0 Å². The normalized spacial score (nSPS) is 28.4. The summed E-state index contributed by atoms with van der Waals surface area (Å²) in [4.78, 5) is 23.6. The van der Waals surface area contributed by atoms with Gasteiger partial charge < -0.3 is 10.6 Å². The average molecular weight is 286 g/mol. The fraction of sp³-hybridized carbons (Fsp3) is 0.529. The standard InChI is InChI=1S/C17H22N2O2/c1-10(12-3-5-13(6-4-12)11(2)20)19-17(21)16-8-14-7-15(14)9-18-16/h3-6,10,14-16,18H,7-9H2,1-2H3,(H,19,21)/t10-,14?,15?,16+/m0/s1. The second-order valence-corrected chi connectivity index (χ2v) is 6.36. The van der Waals surface area contributed by atoms with Gasteiger partial charge in [0.15, 0.2) is 5.78 Å². The summed E-state index contributed by atoms with van der Waals surface area (Å²) in [6, 6.07) is 7.35. The molecule has 1 amide bonds. The molecule has 0 bridgehead atoms. The molecule has 1 saturated heterocycles. The smallest absolute Gasteiger partial charge is 0.237 e. The number of ketones is 1. The molecule has 2 unspecified atom stereocenters. The number of hydrogen-bond acceptors (Lipinski definition) is 3. The molecular weight excluding hydrogens is 264 g/mol. The maximum absolute atomic E-state index is 12.3. The molecule has 2 aliphatic rings. The number of Topliss-reactive ketones (excluding diaryl/α,β-unsaturated/α-hetero) is 1. The molecule has 4 atom stereocenters. The van der Waals surface area contributed by atoms with Gasteiger partial charge in [0.05, 0.1) is 12.1 Å². The van der Waals surface area contributed by atoms with E-state index in [-0.39, 0.29) is 23.8 Å². The number of nitrogens with one attached hydrogen (secondary N) is 2. The lowest BCUT2D eigenvalue weighted by molar-refractivity contribution is -0.124. The van der Waals surface area contributed by atoms with Crippen molar-refractivity contribution >= 4 is 11.7 Å². The highest BCUT2D eigenvalue weighted by Crippen LogP contribution is 2.44. The van der Waals surface area contributed by atoms with Crippen LogP contribution in [0.5, 0.6) is 0 Å². The summed E-state index contributed by atoms with van der Waals surface area (Å²) in [6.45, 7) is 4.51. The summed E-state index contributed by atoms with van der Waals surface area (Å²) in [5, 5.41) is 6.40. The molecule has 0 radical (unpaired) electrons. The monoisotopic (exact) mass is 286 g/mol. The summed E-state index contributed by atoms with van der Waals surface area (Å²) in [7, 11) is 0. The van der Waals surface area contributed by atoms with Crippen LogP contribution >= 0.6 is 0 Å². The van der Waals surface area contributed by atoms with Crippen LogP contribution in [-0.2, 0) is 4.79 Å². The Morgan fingerprint density at radius 3 is 2.52 bits per heavy atom. The first-order valence-electron chi connectivity index (χ1n) is 7.69. The molecule has 3 rings (SSSR count). The minimum atomic E-state index is -0.0484. The summed E-state index contributed by atoms with van der Waals surface area (Å²) in [5.74, 6) is 1.71. The van der Waals surface area contributed by atoms with E-state index in [1.807, 2.05) is 31.2 Å². The summed E-state index contributed by atoms with van der Waals surface area (Å²) < 4.78 is 0. The van der Waals surface area contributed by atoms with E-state index < -0.39 is 0 Å². The van der Waals surface area contributed by atoms with Gasteiger partial charge in [-0.3, -0.25) is 9.59 Å². The summed E-state index contributed by atoms with van der Waals surface area (Å²) >= 11 is 0. The van der Waals surface area contributed by atoms with E-state index in [1.54, 1.807) is 6.92 Å². The number of fused-ring (bicyclic) bond motifs is 1. The lowest BCUT2D eigenvalue weighted by Gasteiger charge is -2.24. The minimum Gasteiger partial charge on any atom is -0.348 e. The van der Waals surface area contributed by atoms with Gasteiger partial charge in [0.1, 0.15) is 0 Å². The zero-order chi connectivity index (χ0) is 15.0. The highest BCUT2D eigenvalue weighted by atomic mass is 16.2. The van der Waals surface area contributed by atoms with E-state index in [0.29, 0.717) is 5.56 Å². The Morgan fingerprint density at radius 1 is 1.19 bits per heavy atom. The molecule has 1 aromatic carbocycles. The van der Waals surface area contributed by atoms with Crippen LogP contribution in [0.1, 0.15) is 48.7 Å². The van der Waals surface area contributed by atoms with Crippen molar-refractivity contribution in [2.24, 2.45) is 11.8 Å². The summed E-state index contributed by atoms with van der Waals surface area (Å²) in [6.07, 6.45) is 2.24. The lowest BCUT2D eigenvalue weighted by Crippen LogP contribution is -2.47. The molecule has 2 N–H and O–H groups in total. The molecule has 4 nitrogen and oxygen atoms in total. The van der Waals surface area contributed by atoms with Crippen LogP contribution < -0.4 is 10.6 Å². The maximum atomic E-state index is 12.3. The van der Waals surface area contributed by atoms with Crippen LogP contribution in [0, 0.1) is 11.8 Å². The second kappa shape index (κ2) is 5.60. The Morgan fingerprint density at radius 2 is 1.90 bits per heavy atom. The molecule has 4 heteroatoms. The van der Waals surface area contributed by atoms with Crippen molar-refractivity contribution in [1.29, 1.82) is 0 Å². The first-order chi connectivity index (χ1) is 10.0. The molecule has 1 aliphatic heterocycles. The zero-order valence-corrected chi connectivity index (χ0v) is 12.6. The fourth-order valence-electron chi connectivity index (χ4n) is 3.13. The van der Waals surface area contributed by atoms with E-state index in [1.165, 1.54) is 6.42 Å². The van der Waals surface area contributed by atoms with Crippen LogP contribution in [0.4, 0.5) is 0 Å². The van der Waals surface area contributed by atoms with Crippen LogP contribution in [-0.4, -0.2) is 24.3 Å². The molecule has 112 valence electrons. The van der Waals surface area contributed by atoms with Gasteiger partial charge in [-0.25, -0.2) is 0 Å².